The molecule has 0 saturated heterocycles. The number of amides is 4. The number of nitrogens with one attached hydrogen (secondary N) is 4. The number of rotatable bonds is 25. The van der Waals surface area contributed by atoms with E-state index in [9.17, 15) is 28.8 Å². The van der Waals surface area contributed by atoms with Crippen molar-refractivity contribution in [1.82, 2.24) is 51.2 Å². The van der Waals surface area contributed by atoms with Gasteiger partial charge in [0.15, 0.2) is 0 Å². The predicted octanol–water partition coefficient (Wildman–Crippen LogP) is 13.8. The molecule has 12 rings (SSSR count). The number of carbonyl (C=O) groups excluding carboxylic acids is 4. The molecule has 20 nitrogen and oxygen atoms in total. The maximum Gasteiger partial charge on any atom is 0.336 e. The molecule has 99 heavy (non-hydrogen) atoms. The van der Waals surface area contributed by atoms with Gasteiger partial charge < -0.3 is 38.9 Å². The van der Waals surface area contributed by atoms with Gasteiger partial charge in [0, 0.05) is 164 Å². The van der Waals surface area contributed by atoms with Gasteiger partial charge in [0.1, 0.15) is 33.9 Å². The first kappa shape index (κ1) is 72.6. The van der Waals surface area contributed by atoms with Crippen molar-refractivity contribution in [2.24, 2.45) is 0 Å². The summed E-state index contributed by atoms with van der Waals surface area (Å²) in [4.78, 5) is 101. The molecule has 21 heteroatoms. The zero-order valence-corrected chi connectivity index (χ0v) is 58.2. The van der Waals surface area contributed by atoms with Crippen molar-refractivity contribution in [2.45, 2.75) is 132 Å². The first-order valence-electron chi connectivity index (χ1n) is 33.1. The fourth-order valence-electron chi connectivity index (χ4n) is 11.6. The summed E-state index contributed by atoms with van der Waals surface area (Å²) < 4.78 is 23.0. The molecule has 2 aromatic carbocycles. The summed E-state index contributed by atoms with van der Waals surface area (Å²) in [6, 6.07) is 38.1. The fourth-order valence-corrected chi connectivity index (χ4v) is 11.6. The number of furan rings is 2. The summed E-state index contributed by atoms with van der Waals surface area (Å²) in [7, 11) is 0. The average Bonchev–Trinajstić information content (AvgIpc) is 1.67. The fraction of sp³-hybridized carbons (Fsp3) is 0.282. The molecule has 0 radical (unpaired) electrons. The van der Waals surface area contributed by atoms with Gasteiger partial charge >= 0.3 is 11.3 Å². The standard InChI is InChI=1S/C58H64N6O10.2C10H8N2.Ru/c1-33-25-53(69)73-55-35(3)57-43(29-41(33)55)45(37(5)71-57)31-63-51(67)17-11-15-49(65)61-21-9-7-13-39-19-23-59-47(27-39)48-28-40(20-24-60-48)14-8-10-22-62-50(66)16-12-18-52(68)64-32-46-38(6)72-58-36(4)56-42(30-44(46)58)34(2)26-54(70)74-56;2*1-3-7-11-9(5-1)10-6-2-4-8-12-10;/h19-20,23-30H,7-18,21-22,31-32H2,1-6H3,(H,61,65)(H,62,66)(H,63,67)(H,64,68);2*1-8H;. The number of hydrogen-bond acceptors (Lipinski definition) is 16. The molecular formula is C78H80N10O10Ru. The van der Waals surface area contributed by atoms with Gasteiger partial charge in [-0.25, -0.2) is 9.59 Å². The van der Waals surface area contributed by atoms with Crippen LogP contribution in [0.25, 0.3) is 78.0 Å². The molecule has 4 amide bonds. The second-order valence-electron chi connectivity index (χ2n) is 24.1. The van der Waals surface area contributed by atoms with Gasteiger partial charge in [-0.15, -0.1) is 0 Å². The van der Waals surface area contributed by atoms with Crippen molar-refractivity contribution in [3.63, 3.8) is 0 Å². The van der Waals surface area contributed by atoms with Crippen molar-refractivity contribution in [3.05, 3.63) is 235 Å². The Morgan fingerprint density at radius 2 is 0.687 bits per heavy atom. The maximum atomic E-state index is 12.8. The van der Waals surface area contributed by atoms with Crippen LogP contribution in [-0.2, 0) is 64.6 Å². The van der Waals surface area contributed by atoms with E-state index in [2.05, 4.69) is 63.3 Å². The van der Waals surface area contributed by atoms with Gasteiger partial charge in [-0.3, -0.25) is 49.1 Å². The number of carbonyl (C=O) groups is 4. The number of nitrogens with zero attached hydrogens (tertiary/aromatic N) is 6. The third-order valence-electron chi connectivity index (χ3n) is 16.9. The first-order chi connectivity index (χ1) is 47.6. The molecular weight excluding hydrogens is 1340 g/mol. The zero-order valence-electron chi connectivity index (χ0n) is 56.4. The van der Waals surface area contributed by atoms with E-state index in [1.165, 1.54) is 12.1 Å². The van der Waals surface area contributed by atoms with Crippen LogP contribution in [0.3, 0.4) is 0 Å². The number of fused-ring (bicyclic) bond motifs is 4. The van der Waals surface area contributed by atoms with Gasteiger partial charge in [0.25, 0.3) is 0 Å². The smallest absolute Gasteiger partial charge is 0.336 e. The van der Waals surface area contributed by atoms with E-state index in [1.807, 2.05) is 139 Å². The summed E-state index contributed by atoms with van der Waals surface area (Å²) in [6.45, 7) is 12.8. The van der Waals surface area contributed by atoms with E-state index in [1.54, 1.807) is 37.2 Å². The van der Waals surface area contributed by atoms with E-state index in [0.717, 1.165) is 139 Å². The van der Waals surface area contributed by atoms with E-state index in [0.29, 0.717) is 59.8 Å². The second kappa shape index (κ2) is 35.5. The molecule has 0 spiro atoms. The quantitative estimate of drug-likeness (QED) is 0.0235. The van der Waals surface area contributed by atoms with Gasteiger partial charge in [0.2, 0.25) is 23.6 Å². The monoisotopic (exact) mass is 1420 g/mol. The Morgan fingerprint density at radius 1 is 0.354 bits per heavy atom. The Bertz CT molecular complexity index is 4490. The van der Waals surface area contributed by atoms with E-state index < -0.39 is 11.3 Å². The molecule has 4 N–H and O–H groups in total. The van der Waals surface area contributed by atoms with E-state index in [-0.39, 0.29) is 81.9 Å². The zero-order chi connectivity index (χ0) is 68.9. The van der Waals surface area contributed by atoms with Gasteiger partial charge in [0.05, 0.1) is 34.2 Å². The second-order valence-corrected chi connectivity index (χ2v) is 24.1. The molecule has 10 aromatic heterocycles. The molecule has 12 aromatic rings. The normalized spacial score (nSPS) is 10.9. The molecule has 0 unspecified atom stereocenters. The topological polar surface area (TPSA) is 280 Å². The molecule has 0 aliphatic heterocycles. The van der Waals surface area contributed by atoms with Crippen LogP contribution >= 0.6 is 0 Å². The predicted molar refractivity (Wildman–Crippen MR) is 379 cm³/mol. The molecule has 0 bridgehead atoms. The average molecular weight is 1420 g/mol. The number of benzene rings is 2. The van der Waals surface area contributed by atoms with Crippen molar-refractivity contribution < 1.29 is 56.3 Å². The van der Waals surface area contributed by atoms with Crippen LogP contribution in [0.2, 0.25) is 0 Å². The summed E-state index contributed by atoms with van der Waals surface area (Å²) in [5.41, 5.74) is 13.8. The van der Waals surface area contributed by atoms with Gasteiger partial charge in [-0.05, 0) is 200 Å². The number of aryl methyl sites for hydroxylation is 8. The van der Waals surface area contributed by atoms with Crippen molar-refractivity contribution in [2.75, 3.05) is 13.1 Å². The minimum absolute atomic E-state index is 0. The summed E-state index contributed by atoms with van der Waals surface area (Å²) in [5.74, 6) is 0.906. The number of hydrogen-bond donors (Lipinski definition) is 4. The molecule has 0 saturated carbocycles. The Balaban J connectivity index is 0.000000379. The molecule has 510 valence electrons. The first-order valence-corrected chi connectivity index (χ1v) is 33.1. The van der Waals surface area contributed by atoms with Crippen LogP contribution in [0.4, 0.5) is 0 Å². The van der Waals surface area contributed by atoms with E-state index >= 15 is 0 Å². The Morgan fingerprint density at radius 3 is 1.03 bits per heavy atom. The van der Waals surface area contributed by atoms with Crippen molar-refractivity contribution in [3.8, 4) is 34.2 Å². The SMILES string of the molecule is Cc1oc2c(C)c3oc(=O)cc(C)c3cc2c1CNC(=O)CCCC(=O)NCCCCc1ccnc(-c2cc(CCCCNC(=O)CCCC(=O)NCc3c(C)oc4c(C)c5oc(=O)cc(C)c5cc34)ccn2)c1.[Ru].c1ccc(-c2ccccn2)nc1.c1ccc(-c2ccccn2)nc1. The third-order valence-corrected chi connectivity index (χ3v) is 16.9. The summed E-state index contributed by atoms with van der Waals surface area (Å²) >= 11 is 0. The van der Waals surface area contributed by atoms with Gasteiger partial charge in [-0.2, -0.15) is 0 Å². The maximum absolute atomic E-state index is 12.8. The van der Waals surface area contributed by atoms with Crippen LogP contribution in [0.1, 0.15) is 120 Å². The minimum Gasteiger partial charge on any atom is -0.461 e. The van der Waals surface area contributed by atoms with Crippen LogP contribution in [0, 0.1) is 41.5 Å². The van der Waals surface area contributed by atoms with Crippen LogP contribution in [0.5, 0.6) is 0 Å². The molecule has 0 aliphatic carbocycles. The third kappa shape index (κ3) is 19.8. The number of pyridine rings is 6. The molecule has 0 fully saturated rings. The van der Waals surface area contributed by atoms with Crippen molar-refractivity contribution in [1.29, 1.82) is 0 Å². The molecule has 10 heterocycles. The molecule has 0 aliphatic rings. The molecule has 0 atom stereocenters. The Kier molecular flexibility index (Phi) is 26.1. The number of aromatic nitrogens is 6. The largest absolute Gasteiger partial charge is 0.461 e. The Labute approximate surface area is 586 Å². The Hall–Kier alpha value is -10.7. The minimum atomic E-state index is -0.409. The van der Waals surface area contributed by atoms with Crippen LogP contribution in [0.15, 0.2) is 186 Å². The number of unbranched alkanes of at least 4 members (excludes halogenated alkanes) is 2. The van der Waals surface area contributed by atoms with E-state index in [4.69, 9.17) is 17.7 Å². The van der Waals surface area contributed by atoms with Crippen LogP contribution < -0.4 is 32.5 Å². The van der Waals surface area contributed by atoms with Crippen molar-refractivity contribution >= 4 is 67.5 Å². The van der Waals surface area contributed by atoms with Gasteiger partial charge in [-0.1, -0.05) is 24.3 Å². The van der Waals surface area contributed by atoms with Crippen LogP contribution in [-0.4, -0.2) is 66.6 Å². The summed E-state index contributed by atoms with van der Waals surface area (Å²) in [5, 5.41) is 15.3. The summed E-state index contributed by atoms with van der Waals surface area (Å²) in [6.07, 6.45) is 17.5.